The Morgan fingerprint density at radius 3 is 2.89 bits per heavy atom. The fraction of sp³-hybridized carbons (Fsp3) is 0.154. The maximum atomic E-state index is 13.3. The van der Waals surface area contributed by atoms with Crippen molar-refractivity contribution in [3.8, 4) is 11.6 Å². The highest BCUT2D eigenvalue weighted by atomic mass is 35.5. The van der Waals surface area contributed by atoms with E-state index in [2.05, 4.69) is 4.98 Å². The lowest BCUT2D eigenvalue weighted by atomic mass is 10.2. The number of hydrogen-bond donors (Lipinski definition) is 1. The van der Waals surface area contributed by atoms with Crippen molar-refractivity contribution in [1.82, 2.24) is 4.98 Å². The summed E-state index contributed by atoms with van der Waals surface area (Å²) < 4.78 is 18.8. The topological polar surface area (TPSA) is 48.1 Å². The largest absolute Gasteiger partial charge is 0.439 e. The number of hydrogen-bond acceptors (Lipinski definition) is 3. The summed E-state index contributed by atoms with van der Waals surface area (Å²) in [4.78, 5) is 4.11. The molecule has 0 spiro atoms. The zero-order valence-electron chi connectivity index (χ0n) is 9.57. The minimum atomic E-state index is -0.523. The van der Waals surface area contributed by atoms with Crippen molar-refractivity contribution in [2.75, 3.05) is 6.54 Å². The molecule has 2 N–H and O–H groups in total. The maximum Gasteiger partial charge on any atom is 0.222 e. The Morgan fingerprint density at radius 2 is 2.17 bits per heavy atom. The van der Waals surface area contributed by atoms with Crippen LogP contribution in [0.25, 0.3) is 0 Å². The Balaban J connectivity index is 2.25. The van der Waals surface area contributed by atoms with Crippen LogP contribution in [0.2, 0.25) is 5.02 Å². The molecule has 0 radical (unpaired) electrons. The standard InChI is InChI=1S/C13H12ClFN2O/c14-11-4-3-10(8-12(11)15)18-13-9(5-6-16)2-1-7-17-13/h1-4,7-8H,5-6,16H2. The first-order valence-electron chi connectivity index (χ1n) is 5.47. The van der Waals surface area contributed by atoms with E-state index in [0.29, 0.717) is 24.6 Å². The second-order valence-electron chi connectivity index (χ2n) is 3.68. The average Bonchev–Trinajstić information content (AvgIpc) is 2.37. The van der Waals surface area contributed by atoms with Gasteiger partial charge in [-0.3, -0.25) is 0 Å². The van der Waals surface area contributed by atoms with Gasteiger partial charge in [-0.15, -0.1) is 0 Å². The van der Waals surface area contributed by atoms with Gasteiger partial charge in [-0.1, -0.05) is 17.7 Å². The van der Waals surface area contributed by atoms with Gasteiger partial charge < -0.3 is 10.5 Å². The van der Waals surface area contributed by atoms with Gasteiger partial charge in [0.15, 0.2) is 0 Å². The number of aromatic nitrogens is 1. The fourth-order valence-electron chi connectivity index (χ4n) is 1.51. The highest BCUT2D eigenvalue weighted by molar-refractivity contribution is 6.30. The average molecular weight is 267 g/mol. The zero-order valence-corrected chi connectivity index (χ0v) is 10.3. The summed E-state index contributed by atoms with van der Waals surface area (Å²) in [5.74, 6) is 0.268. The molecule has 0 saturated heterocycles. The van der Waals surface area contributed by atoms with Crippen molar-refractivity contribution >= 4 is 11.6 Å². The summed E-state index contributed by atoms with van der Waals surface area (Å²) in [5, 5.41) is 0.0607. The smallest absolute Gasteiger partial charge is 0.222 e. The first kappa shape index (κ1) is 12.8. The maximum absolute atomic E-state index is 13.3. The minimum absolute atomic E-state index is 0.0607. The number of halogens is 2. The second kappa shape index (κ2) is 5.80. The van der Waals surface area contributed by atoms with Gasteiger partial charge in [0.25, 0.3) is 0 Å². The molecule has 0 bridgehead atoms. The van der Waals surface area contributed by atoms with Gasteiger partial charge in [0.05, 0.1) is 5.02 Å². The predicted molar refractivity (Wildman–Crippen MR) is 68.5 cm³/mol. The van der Waals surface area contributed by atoms with E-state index >= 15 is 0 Å². The Labute approximate surface area is 109 Å². The number of nitrogens with two attached hydrogens (primary N) is 1. The van der Waals surface area contributed by atoms with Crippen molar-refractivity contribution in [1.29, 1.82) is 0 Å². The normalized spacial score (nSPS) is 10.4. The molecule has 5 heteroatoms. The first-order valence-corrected chi connectivity index (χ1v) is 5.85. The summed E-state index contributed by atoms with van der Waals surface area (Å²) in [6, 6.07) is 7.94. The molecule has 1 aromatic heterocycles. The molecule has 18 heavy (non-hydrogen) atoms. The summed E-state index contributed by atoms with van der Waals surface area (Å²) in [7, 11) is 0. The third-order valence-corrected chi connectivity index (χ3v) is 2.68. The van der Waals surface area contributed by atoms with Gasteiger partial charge >= 0.3 is 0 Å². The van der Waals surface area contributed by atoms with Gasteiger partial charge in [-0.2, -0.15) is 0 Å². The lowest BCUT2D eigenvalue weighted by molar-refractivity contribution is 0.452. The molecule has 0 aliphatic carbocycles. The Morgan fingerprint density at radius 1 is 1.33 bits per heavy atom. The number of pyridine rings is 1. The third-order valence-electron chi connectivity index (χ3n) is 2.37. The monoisotopic (exact) mass is 266 g/mol. The molecule has 3 nitrogen and oxygen atoms in total. The van der Waals surface area contributed by atoms with Crippen molar-refractivity contribution in [3.05, 3.63) is 52.9 Å². The van der Waals surface area contributed by atoms with Crippen molar-refractivity contribution in [2.24, 2.45) is 5.73 Å². The van der Waals surface area contributed by atoms with Crippen LogP contribution in [0.1, 0.15) is 5.56 Å². The van der Waals surface area contributed by atoms with E-state index < -0.39 is 5.82 Å². The van der Waals surface area contributed by atoms with Crippen molar-refractivity contribution < 1.29 is 9.13 Å². The van der Waals surface area contributed by atoms with Crippen LogP contribution < -0.4 is 10.5 Å². The number of rotatable bonds is 4. The molecular formula is C13H12ClFN2O. The van der Waals surface area contributed by atoms with E-state index in [4.69, 9.17) is 22.1 Å². The minimum Gasteiger partial charge on any atom is -0.439 e. The van der Waals surface area contributed by atoms with Crippen LogP contribution in [0.15, 0.2) is 36.5 Å². The molecule has 0 fully saturated rings. The van der Waals surface area contributed by atoms with Crippen molar-refractivity contribution in [2.45, 2.75) is 6.42 Å². The highest BCUT2D eigenvalue weighted by Gasteiger charge is 2.07. The predicted octanol–water partition coefficient (Wildman–Crippen LogP) is 3.17. The molecule has 0 amide bonds. The van der Waals surface area contributed by atoms with Gasteiger partial charge in [0.2, 0.25) is 5.88 Å². The third kappa shape index (κ3) is 2.97. The lowest BCUT2D eigenvalue weighted by Crippen LogP contribution is -2.04. The van der Waals surface area contributed by atoms with Gasteiger partial charge in [0, 0.05) is 17.8 Å². The Kier molecular flexibility index (Phi) is 4.12. The quantitative estimate of drug-likeness (QED) is 0.925. The van der Waals surface area contributed by atoms with E-state index in [0.717, 1.165) is 5.56 Å². The number of nitrogens with zero attached hydrogens (tertiary/aromatic N) is 1. The number of ether oxygens (including phenoxy) is 1. The fourth-order valence-corrected chi connectivity index (χ4v) is 1.63. The number of benzene rings is 1. The summed E-state index contributed by atoms with van der Waals surface area (Å²) in [6.07, 6.45) is 2.26. The molecule has 0 aliphatic rings. The molecule has 0 saturated carbocycles. The van der Waals surface area contributed by atoms with E-state index in [1.165, 1.54) is 12.1 Å². The van der Waals surface area contributed by atoms with Crippen molar-refractivity contribution in [3.63, 3.8) is 0 Å². The Hall–Kier alpha value is -1.65. The van der Waals surface area contributed by atoms with Crippen LogP contribution in [0.3, 0.4) is 0 Å². The summed E-state index contributed by atoms with van der Waals surface area (Å²) in [6.45, 7) is 0.497. The summed E-state index contributed by atoms with van der Waals surface area (Å²) >= 11 is 5.60. The summed E-state index contributed by atoms with van der Waals surface area (Å²) in [5.41, 5.74) is 6.39. The molecule has 0 atom stereocenters. The van der Waals surface area contributed by atoms with Crippen LogP contribution in [0.5, 0.6) is 11.6 Å². The van der Waals surface area contributed by atoms with E-state index in [-0.39, 0.29) is 5.02 Å². The van der Waals surface area contributed by atoms with E-state index in [1.54, 1.807) is 18.3 Å². The van der Waals surface area contributed by atoms with Crippen LogP contribution in [0.4, 0.5) is 4.39 Å². The molecule has 1 aromatic carbocycles. The Bertz CT molecular complexity index is 548. The van der Waals surface area contributed by atoms with Crippen LogP contribution in [-0.2, 0) is 6.42 Å². The molecule has 2 aromatic rings. The van der Waals surface area contributed by atoms with Crippen LogP contribution in [0, 0.1) is 5.82 Å². The van der Waals surface area contributed by atoms with E-state index in [1.807, 2.05) is 6.07 Å². The van der Waals surface area contributed by atoms with Crippen LogP contribution in [-0.4, -0.2) is 11.5 Å². The molecule has 94 valence electrons. The zero-order chi connectivity index (χ0) is 13.0. The SMILES string of the molecule is NCCc1cccnc1Oc1ccc(Cl)c(F)c1. The molecular weight excluding hydrogens is 255 g/mol. The molecule has 0 aliphatic heterocycles. The van der Waals surface area contributed by atoms with E-state index in [9.17, 15) is 4.39 Å². The molecule has 1 heterocycles. The molecule has 2 rings (SSSR count). The second-order valence-corrected chi connectivity index (χ2v) is 4.09. The highest BCUT2D eigenvalue weighted by Crippen LogP contribution is 2.26. The van der Waals surface area contributed by atoms with Crippen LogP contribution >= 0.6 is 11.6 Å². The van der Waals surface area contributed by atoms with Gasteiger partial charge in [-0.25, -0.2) is 9.37 Å². The first-order chi connectivity index (χ1) is 8.70. The molecule has 0 unspecified atom stereocenters. The lowest BCUT2D eigenvalue weighted by Gasteiger charge is -2.09. The van der Waals surface area contributed by atoms with Gasteiger partial charge in [-0.05, 0) is 31.2 Å². The van der Waals surface area contributed by atoms with Gasteiger partial charge in [0.1, 0.15) is 11.6 Å².